The topological polar surface area (TPSA) is 53.9 Å². The Bertz CT molecular complexity index is 933. The van der Waals surface area contributed by atoms with E-state index in [0.717, 1.165) is 41.4 Å². The smallest absolute Gasteiger partial charge is 0.165 e. The maximum absolute atomic E-state index is 14.3. The summed E-state index contributed by atoms with van der Waals surface area (Å²) in [6.07, 6.45) is 1.49. The van der Waals surface area contributed by atoms with Gasteiger partial charge in [-0.1, -0.05) is 0 Å². The molecule has 1 aromatic heterocycles. The maximum Gasteiger partial charge on any atom is 0.165 e. The number of rotatable bonds is 4. The van der Waals surface area contributed by atoms with Gasteiger partial charge in [0, 0.05) is 36.8 Å². The summed E-state index contributed by atoms with van der Waals surface area (Å²) in [5.74, 6) is 0.806. The lowest BCUT2D eigenvalue weighted by Crippen LogP contribution is -2.55. The minimum absolute atomic E-state index is 0.101. The van der Waals surface area contributed by atoms with Crippen LogP contribution in [0, 0.1) is 5.82 Å². The minimum Gasteiger partial charge on any atom is -0.488 e. The molecule has 7 heteroatoms. The number of nitrogens with zero attached hydrogens (tertiary/aromatic N) is 5. The molecule has 0 N–H and O–H groups in total. The number of piperazine rings is 1. The van der Waals surface area contributed by atoms with Crippen LogP contribution in [0.25, 0.3) is 0 Å². The second-order valence-corrected chi connectivity index (χ2v) is 8.30. The lowest BCUT2D eigenvalue weighted by atomic mass is 10.0. The highest BCUT2D eigenvalue weighted by molar-refractivity contribution is 6.14. The molecule has 1 aromatic carbocycles. The molecule has 2 aliphatic heterocycles. The Balaban J connectivity index is 1.64. The van der Waals surface area contributed by atoms with Crippen molar-refractivity contribution in [3.8, 4) is 5.75 Å². The number of hydrogen-bond acceptors (Lipinski definition) is 6. The van der Waals surface area contributed by atoms with Gasteiger partial charge in [-0.2, -0.15) is 0 Å². The van der Waals surface area contributed by atoms with Crippen molar-refractivity contribution in [3.05, 3.63) is 47.2 Å². The molecule has 0 bridgehead atoms. The van der Waals surface area contributed by atoms with Crippen molar-refractivity contribution in [2.45, 2.75) is 52.4 Å². The molecule has 0 amide bonds. The highest BCUT2D eigenvalue weighted by Crippen LogP contribution is 2.30. The molecule has 1 saturated heterocycles. The number of benzene rings is 1. The summed E-state index contributed by atoms with van der Waals surface area (Å²) in [6.45, 7) is 10.5. The van der Waals surface area contributed by atoms with E-state index in [1.165, 1.54) is 6.07 Å². The average Bonchev–Trinajstić information content (AvgIpc) is 3.08. The van der Waals surface area contributed by atoms with Crippen LogP contribution in [0.1, 0.15) is 44.5 Å². The Morgan fingerprint density at radius 2 is 1.83 bits per heavy atom. The van der Waals surface area contributed by atoms with Crippen LogP contribution in [0.4, 0.5) is 10.2 Å². The van der Waals surface area contributed by atoms with E-state index < -0.39 is 0 Å². The molecule has 6 nitrogen and oxygen atoms in total. The summed E-state index contributed by atoms with van der Waals surface area (Å²) < 4.78 is 20.0. The summed E-state index contributed by atoms with van der Waals surface area (Å²) >= 11 is 0. The second-order valence-electron chi connectivity index (χ2n) is 8.30. The van der Waals surface area contributed by atoms with Crippen molar-refractivity contribution in [1.29, 1.82) is 0 Å². The lowest BCUT2D eigenvalue weighted by molar-refractivity contribution is 0.169. The highest BCUT2D eigenvalue weighted by Gasteiger charge is 2.28. The zero-order valence-electron chi connectivity index (χ0n) is 17.7. The third-order valence-corrected chi connectivity index (χ3v) is 5.76. The van der Waals surface area contributed by atoms with E-state index in [1.54, 1.807) is 12.4 Å². The number of halogens is 1. The summed E-state index contributed by atoms with van der Waals surface area (Å²) in [5.41, 5.74) is 3.27. The fourth-order valence-electron chi connectivity index (χ4n) is 4.00. The van der Waals surface area contributed by atoms with Crippen molar-refractivity contribution in [2.24, 2.45) is 4.99 Å². The predicted molar refractivity (Wildman–Crippen MR) is 112 cm³/mol. The number of fused-ring (bicyclic) bond motifs is 1. The normalized spacial score (nSPS) is 22.0. The van der Waals surface area contributed by atoms with E-state index in [4.69, 9.17) is 4.74 Å². The Labute approximate surface area is 171 Å². The molecule has 0 aliphatic carbocycles. The van der Waals surface area contributed by atoms with E-state index in [9.17, 15) is 4.39 Å². The Kier molecular flexibility index (Phi) is 5.25. The zero-order valence-corrected chi connectivity index (χ0v) is 17.7. The fourth-order valence-corrected chi connectivity index (χ4v) is 4.00. The molecule has 0 saturated carbocycles. The van der Waals surface area contributed by atoms with Crippen LogP contribution >= 0.6 is 0 Å². The van der Waals surface area contributed by atoms with Gasteiger partial charge in [-0.25, -0.2) is 14.4 Å². The van der Waals surface area contributed by atoms with E-state index in [2.05, 4.69) is 45.7 Å². The first-order valence-electron chi connectivity index (χ1n) is 10.2. The number of ether oxygens (including phenoxy) is 1. The molecular weight excluding hydrogens is 369 g/mol. The van der Waals surface area contributed by atoms with Gasteiger partial charge in [-0.3, -0.25) is 9.89 Å². The van der Waals surface area contributed by atoms with Gasteiger partial charge >= 0.3 is 0 Å². The SMILES string of the molecule is CC(C)Oc1cc2c(cc1F)CN=C2c1cc(N2C[C@@H](C)N(C)[C@@H](C)C2)ncn1. The molecule has 3 heterocycles. The standard InChI is InChI=1S/C22H28FN5O/c1-13(2)29-20-7-17-16(6-18(20)23)9-24-22(17)19-8-21(26-12-25-19)28-10-14(3)27(5)15(4)11-28/h6-8,12-15H,9-11H2,1-5H3/t14-,15+. The van der Waals surface area contributed by atoms with Gasteiger partial charge in [0.25, 0.3) is 0 Å². The minimum atomic E-state index is -0.349. The highest BCUT2D eigenvalue weighted by atomic mass is 19.1. The van der Waals surface area contributed by atoms with Crippen LogP contribution in [-0.2, 0) is 6.54 Å². The van der Waals surface area contributed by atoms with Gasteiger partial charge in [0.1, 0.15) is 12.1 Å². The summed E-state index contributed by atoms with van der Waals surface area (Å²) in [7, 11) is 2.16. The predicted octanol–water partition coefficient (Wildman–Crippen LogP) is 3.28. The quantitative estimate of drug-likeness (QED) is 0.793. The number of hydrogen-bond donors (Lipinski definition) is 0. The first kappa shape index (κ1) is 19.8. The van der Waals surface area contributed by atoms with Crippen LogP contribution < -0.4 is 9.64 Å². The number of aromatic nitrogens is 2. The molecule has 1 fully saturated rings. The van der Waals surface area contributed by atoms with E-state index >= 15 is 0 Å². The van der Waals surface area contributed by atoms with Gasteiger partial charge in [0.05, 0.1) is 24.1 Å². The molecule has 29 heavy (non-hydrogen) atoms. The third-order valence-electron chi connectivity index (χ3n) is 5.76. The van der Waals surface area contributed by atoms with Crippen LogP contribution in [-0.4, -0.2) is 58.9 Å². The van der Waals surface area contributed by atoms with E-state index in [-0.39, 0.29) is 17.7 Å². The van der Waals surface area contributed by atoms with Crippen LogP contribution in [0.2, 0.25) is 0 Å². The lowest BCUT2D eigenvalue weighted by Gasteiger charge is -2.43. The largest absolute Gasteiger partial charge is 0.488 e. The van der Waals surface area contributed by atoms with Gasteiger partial charge < -0.3 is 9.64 Å². The van der Waals surface area contributed by atoms with Crippen molar-refractivity contribution in [2.75, 3.05) is 25.0 Å². The number of aliphatic imine (C=N–C) groups is 1. The Hall–Kier alpha value is -2.54. The van der Waals surface area contributed by atoms with Crippen molar-refractivity contribution in [3.63, 3.8) is 0 Å². The molecule has 2 aromatic rings. The van der Waals surface area contributed by atoms with Gasteiger partial charge in [0.15, 0.2) is 11.6 Å². The zero-order chi connectivity index (χ0) is 20.7. The third kappa shape index (κ3) is 3.83. The first-order valence-corrected chi connectivity index (χ1v) is 10.2. The monoisotopic (exact) mass is 397 g/mol. The molecule has 4 rings (SSSR count). The first-order chi connectivity index (χ1) is 13.8. The van der Waals surface area contributed by atoms with E-state index in [0.29, 0.717) is 18.6 Å². The van der Waals surface area contributed by atoms with Crippen LogP contribution in [0.15, 0.2) is 29.5 Å². The van der Waals surface area contributed by atoms with Crippen molar-refractivity contribution < 1.29 is 9.13 Å². The molecule has 2 atom stereocenters. The van der Waals surface area contributed by atoms with Gasteiger partial charge in [-0.15, -0.1) is 0 Å². The second kappa shape index (κ2) is 7.71. The Morgan fingerprint density at radius 3 is 2.52 bits per heavy atom. The fraction of sp³-hybridized carbons (Fsp3) is 0.500. The van der Waals surface area contributed by atoms with Gasteiger partial charge in [0.2, 0.25) is 0 Å². The van der Waals surface area contributed by atoms with Crippen molar-refractivity contribution >= 4 is 11.5 Å². The molecular formula is C22H28FN5O. The van der Waals surface area contributed by atoms with Gasteiger partial charge in [-0.05, 0) is 52.4 Å². The average molecular weight is 397 g/mol. The maximum atomic E-state index is 14.3. The molecule has 0 radical (unpaired) electrons. The van der Waals surface area contributed by atoms with Crippen LogP contribution in [0.5, 0.6) is 5.75 Å². The van der Waals surface area contributed by atoms with Crippen LogP contribution in [0.3, 0.4) is 0 Å². The molecule has 0 spiro atoms. The number of anilines is 1. The molecule has 0 unspecified atom stereocenters. The molecule has 2 aliphatic rings. The van der Waals surface area contributed by atoms with Crippen molar-refractivity contribution in [1.82, 2.24) is 14.9 Å². The number of likely N-dealkylation sites (N-methyl/N-ethyl adjacent to an activating group) is 1. The summed E-state index contributed by atoms with van der Waals surface area (Å²) in [5, 5.41) is 0. The molecule has 154 valence electrons. The van der Waals surface area contributed by atoms with E-state index in [1.807, 2.05) is 19.9 Å². The Morgan fingerprint density at radius 1 is 1.10 bits per heavy atom. The summed E-state index contributed by atoms with van der Waals surface area (Å²) in [6, 6.07) is 6.15. The summed E-state index contributed by atoms with van der Waals surface area (Å²) in [4.78, 5) is 18.3.